The van der Waals surface area contributed by atoms with Crippen LogP contribution < -0.4 is 4.74 Å². The number of ether oxygens (including phenoxy) is 2. The molecule has 0 radical (unpaired) electrons. The van der Waals surface area contributed by atoms with Gasteiger partial charge in [-0.3, -0.25) is 9.69 Å². The van der Waals surface area contributed by atoms with Crippen molar-refractivity contribution in [3.05, 3.63) is 54.1 Å². The van der Waals surface area contributed by atoms with E-state index in [0.717, 1.165) is 42.1 Å². The quantitative estimate of drug-likeness (QED) is 0.838. The lowest BCUT2D eigenvalue weighted by molar-refractivity contribution is 0.0434. The van der Waals surface area contributed by atoms with Gasteiger partial charge in [0, 0.05) is 36.7 Å². The first-order valence-electron chi connectivity index (χ1n) is 9.46. The van der Waals surface area contributed by atoms with E-state index in [4.69, 9.17) is 9.47 Å². The van der Waals surface area contributed by atoms with Crippen molar-refractivity contribution in [2.24, 2.45) is 5.92 Å². The number of hydrogen-bond donors (Lipinski definition) is 0. The van der Waals surface area contributed by atoms with Gasteiger partial charge in [-0.1, -0.05) is 30.3 Å². The summed E-state index contributed by atoms with van der Waals surface area (Å²) in [4.78, 5) is 17.6. The molecule has 2 bridgehead atoms. The molecule has 2 fully saturated rings. The lowest BCUT2D eigenvalue weighted by Gasteiger charge is -2.30. The summed E-state index contributed by atoms with van der Waals surface area (Å²) in [6, 6.07) is 16.0. The van der Waals surface area contributed by atoms with Crippen molar-refractivity contribution in [1.29, 1.82) is 0 Å². The minimum absolute atomic E-state index is 0.0962. The van der Waals surface area contributed by atoms with E-state index in [-0.39, 0.29) is 11.9 Å². The van der Waals surface area contributed by atoms with E-state index < -0.39 is 0 Å². The van der Waals surface area contributed by atoms with Crippen molar-refractivity contribution < 1.29 is 14.3 Å². The van der Waals surface area contributed by atoms with Crippen LogP contribution in [0.15, 0.2) is 48.5 Å². The molecule has 0 aromatic heterocycles. The Kier molecular flexibility index (Phi) is 5.14. The van der Waals surface area contributed by atoms with Gasteiger partial charge in [-0.15, -0.1) is 0 Å². The molecule has 0 aliphatic carbocycles. The normalized spacial score (nSPS) is 23.0. The minimum atomic E-state index is 0.0962. The highest BCUT2D eigenvalue weighted by Crippen LogP contribution is 2.30. The molecule has 2 heterocycles. The number of benzene rings is 2. The van der Waals surface area contributed by atoms with Crippen LogP contribution in [-0.4, -0.2) is 68.8 Å². The van der Waals surface area contributed by atoms with Gasteiger partial charge >= 0.3 is 0 Å². The van der Waals surface area contributed by atoms with Crippen LogP contribution in [0.1, 0.15) is 10.4 Å². The van der Waals surface area contributed by atoms with Crippen LogP contribution in [0.5, 0.6) is 5.75 Å². The predicted molar refractivity (Wildman–Crippen MR) is 105 cm³/mol. The molecule has 0 saturated carbocycles. The molecule has 2 saturated heterocycles. The second-order valence-electron chi connectivity index (χ2n) is 7.49. The van der Waals surface area contributed by atoms with Gasteiger partial charge in [-0.25, -0.2) is 0 Å². The van der Waals surface area contributed by atoms with Gasteiger partial charge in [0.25, 0.3) is 5.91 Å². The standard InChI is InChI=1S/C22H26N2O3/c1-23-11-16-12-24(13-19(23)15-27-14-16)22(25)18-7-5-6-17(10-18)20-8-3-4-9-21(20)26-2/h3-10,16,19H,11-15H2,1-2H3/t16-,19+/m1/s1. The van der Waals surface area contributed by atoms with E-state index >= 15 is 0 Å². The summed E-state index contributed by atoms with van der Waals surface area (Å²) in [5.74, 6) is 1.27. The summed E-state index contributed by atoms with van der Waals surface area (Å²) >= 11 is 0. The molecule has 2 aromatic rings. The molecule has 5 heteroatoms. The summed E-state index contributed by atoms with van der Waals surface area (Å²) in [5.41, 5.74) is 2.71. The fraction of sp³-hybridized carbons (Fsp3) is 0.409. The van der Waals surface area contributed by atoms with E-state index in [1.54, 1.807) is 7.11 Å². The molecule has 0 unspecified atom stereocenters. The van der Waals surface area contributed by atoms with Gasteiger partial charge in [0.2, 0.25) is 0 Å². The molecule has 1 amide bonds. The number of fused-ring (bicyclic) bond motifs is 3. The summed E-state index contributed by atoms with van der Waals surface area (Å²) in [6.07, 6.45) is 0. The number of carbonyl (C=O) groups excluding carboxylic acids is 1. The minimum Gasteiger partial charge on any atom is -0.496 e. The summed E-state index contributed by atoms with van der Waals surface area (Å²) in [5, 5.41) is 0. The molecule has 0 spiro atoms. The maximum atomic E-state index is 13.3. The van der Waals surface area contributed by atoms with Crippen LogP contribution in [-0.2, 0) is 4.74 Å². The Morgan fingerprint density at radius 2 is 1.93 bits per heavy atom. The molecule has 5 nitrogen and oxygen atoms in total. The van der Waals surface area contributed by atoms with E-state index in [1.807, 2.05) is 53.4 Å². The van der Waals surface area contributed by atoms with Crippen LogP contribution >= 0.6 is 0 Å². The zero-order chi connectivity index (χ0) is 18.8. The van der Waals surface area contributed by atoms with Gasteiger partial charge in [-0.05, 0) is 30.8 Å². The Bertz CT molecular complexity index is 823. The van der Waals surface area contributed by atoms with Crippen molar-refractivity contribution in [3.8, 4) is 16.9 Å². The van der Waals surface area contributed by atoms with Crippen molar-refractivity contribution in [2.45, 2.75) is 6.04 Å². The molecule has 2 aliphatic rings. The molecule has 0 N–H and O–H groups in total. The Morgan fingerprint density at radius 1 is 1.07 bits per heavy atom. The molecule has 2 aromatic carbocycles. The number of nitrogens with zero attached hydrogens (tertiary/aromatic N) is 2. The Labute approximate surface area is 160 Å². The van der Waals surface area contributed by atoms with Gasteiger partial charge in [0.1, 0.15) is 5.75 Å². The second kappa shape index (κ2) is 7.71. The topological polar surface area (TPSA) is 42.0 Å². The van der Waals surface area contributed by atoms with Gasteiger partial charge < -0.3 is 14.4 Å². The van der Waals surface area contributed by atoms with E-state index in [0.29, 0.717) is 19.1 Å². The van der Waals surface area contributed by atoms with E-state index in [2.05, 4.69) is 11.9 Å². The molecular weight excluding hydrogens is 340 g/mol. The van der Waals surface area contributed by atoms with Gasteiger partial charge in [0.15, 0.2) is 0 Å². The SMILES string of the molecule is COc1ccccc1-c1cccc(C(=O)N2C[C@@H]3COC[C@H](C2)N(C)C3)c1. The Morgan fingerprint density at radius 3 is 2.78 bits per heavy atom. The van der Waals surface area contributed by atoms with Crippen molar-refractivity contribution in [3.63, 3.8) is 0 Å². The van der Waals surface area contributed by atoms with Gasteiger partial charge in [-0.2, -0.15) is 0 Å². The largest absolute Gasteiger partial charge is 0.496 e. The number of amides is 1. The highest BCUT2D eigenvalue weighted by molar-refractivity contribution is 5.95. The smallest absolute Gasteiger partial charge is 0.253 e. The van der Waals surface area contributed by atoms with Crippen LogP contribution in [0.4, 0.5) is 0 Å². The average molecular weight is 366 g/mol. The summed E-state index contributed by atoms with van der Waals surface area (Å²) in [6.45, 7) is 3.86. The van der Waals surface area contributed by atoms with Crippen LogP contribution in [0, 0.1) is 5.92 Å². The van der Waals surface area contributed by atoms with Crippen LogP contribution in [0.3, 0.4) is 0 Å². The fourth-order valence-electron chi connectivity index (χ4n) is 4.10. The lowest BCUT2D eigenvalue weighted by Crippen LogP contribution is -2.44. The highest BCUT2D eigenvalue weighted by Gasteiger charge is 2.33. The first-order chi connectivity index (χ1) is 13.2. The molecular formula is C22H26N2O3. The van der Waals surface area contributed by atoms with Crippen LogP contribution in [0.25, 0.3) is 11.1 Å². The van der Waals surface area contributed by atoms with Crippen molar-refractivity contribution in [1.82, 2.24) is 9.80 Å². The molecule has 142 valence electrons. The predicted octanol–water partition coefficient (Wildman–Crippen LogP) is 2.76. The van der Waals surface area contributed by atoms with Crippen LogP contribution in [0.2, 0.25) is 0 Å². The summed E-state index contributed by atoms with van der Waals surface area (Å²) < 4.78 is 11.3. The van der Waals surface area contributed by atoms with Gasteiger partial charge in [0.05, 0.1) is 26.4 Å². The van der Waals surface area contributed by atoms with Crippen molar-refractivity contribution >= 4 is 5.91 Å². The number of rotatable bonds is 3. The molecule has 27 heavy (non-hydrogen) atoms. The van der Waals surface area contributed by atoms with Crippen molar-refractivity contribution in [2.75, 3.05) is 47.0 Å². The number of methoxy groups -OCH3 is 1. The molecule has 4 rings (SSSR count). The highest BCUT2D eigenvalue weighted by atomic mass is 16.5. The first-order valence-corrected chi connectivity index (χ1v) is 9.46. The Hall–Kier alpha value is -2.37. The third kappa shape index (κ3) is 3.70. The third-order valence-corrected chi connectivity index (χ3v) is 5.56. The average Bonchev–Trinajstić information content (AvgIpc) is 2.96. The zero-order valence-electron chi connectivity index (χ0n) is 15.9. The number of likely N-dealkylation sites (N-methyl/N-ethyl adjacent to an activating group) is 1. The molecule has 2 aliphatic heterocycles. The first kappa shape index (κ1) is 18.0. The van der Waals surface area contributed by atoms with E-state index in [1.165, 1.54) is 0 Å². The maximum absolute atomic E-state index is 13.3. The number of carbonyl (C=O) groups is 1. The Balaban J connectivity index is 1.61. The number of hydrogen-bond acceptors (Lipinski definition) is 4. The second-order valence-corrected chi connectivity index (χ2v) is 7.49. The number of para-hydroxylation sites is 1. The van der Waals surface area contributed by atoms with E-state index in [9.17, 15) is 4.79 Å². The maximum Gasteiger partial charge on any atom is 0.253 e. The monoisotopic (exact) mass is 366 g/mol. The fourth-order valence-corrected chi connectivity index (χ4v) is 4.10. The summed E-state index contributed by atoms with van der Waals surface area (Å²) in [7, 11) is 3.80. The third-order valence-electron chi connectivity index (χ3n) is 5.56. The zero-order valence-corrected chi connectivity index (χ0v) is 15.9. The molecule has 2 atom stereocenters. The lowest BCUT2D eigenvalue weighted by atomic mass is 10.0.